The van der Waals surface area contributed by atoms with Gasteiger partial charge >= 0.3 is 0 Å². The molecule has 1 aromatic carbocycles. The smallest absolute Gasteiger partial charge is 0.235 e. The Morgan fingerprint density at radius 1 is 1.03 bits per heavy atom. The Labute approximate surface area is 193 Å². The molecule has 0 spiro atoms. The summed E-state index contributed by atoms with van der Waals surface area (Å²) >= 11 is 1.47. The van der Waals surface area contributed by atoms with Crippen molar-refractivity contribution < 1.29 is 4.79 Å². The zero-order chi connectivity index (χ0) is 22.7. The van der Waals surface area contributed by atoms with Gasteiger partial charge in [-0.25, -0.2) is 0 Å². The van der Waals surface area contributed by atoms with Crippen LogP contribution in [-0.2, 0) is 4.79 Å². The highest BCUT2D eigenvalue weighted by Crippen LogP contribution is 2.31. The lowest BCUT2D eigenvalue weighted by molar-refractivity contribution is -0.132. The summed E-state index contributed by atoms with van der Waals surface area (Å²) in [4.78, 5) is 21.6. The average Bonchev–Trinajstić information content (AvgIpc) is 3.24. The van der Waals surface area contributed by atoms with Crippen molar-refractivity contribution in [3.8, 4) is 17.1 Å². The van der Waals surface area contributed by atoms with E-state index >= 15 is 0 Å². The van der Waals surface area contributed by atoms with Crippen molar-refractivity contribution in [2.75, 3.05) is 32.7 Å². The van der Waals surface area contributed by atoms with E-state index < -0.39 is 0 Å². The summed E-state index contributed by atoms with van der Waals surface area (Å²) in [6.07, 6.45) is 3.51. The average molecular weight is 451 g/mol. The van der Waals surface area contributed by atoms with Crippen LogP contribution in [0.3, 0.4) is 0 Å². The van der Waals surface area contributed by atoms with Crippen LogP contribution in [0, 0.1) is 13.8 Å². The molecule has 1 aliphatic rings. The van der Waals surface area contributed by atoms with Gasteiger partial charge in [-0.1, -0.05) is 24.8 Å². The summed E-state index contributed by atoms with van der Waals surface area (Å²) in [7, 11) is 0. The third-order valence-electron chi connectivity index (χ3n) is 6.08. The predicted octanol–water partition coefficient (Wildman–Crippen LogP) is 3.59. The number of rotatable bonds is 6. The molecule has 1 atom stereocenters. The Balaban J connectivity index is 1.63. The van der Waals surface area contributed by atoms with Crippen LogP contribution in [0.5, 0.6) is 0 Å². The van der Waals surface area contributed by atoms with Crippen molar-refractivity contribution in [1.82, 2.24) is 29.5 Å². The van der Waals surface area contributed by atoms with Gasteiger partial charge in [-0.05, 0) is 62.7 Å². The third kappa shape index (κ3) is 4.71. The highest BCUT2D eigenvalue weighted by molar-refractivity contribution is 8.00. The van der Waals surface area contributed by atoms with E-state index in [4.69, 9.17) is 0 Å². The molecule has 0 aliphatic carbocycles. The van der Waals surface area contributed by atoms with Crippen molar-refractivity contribution in [2.24, 2.45) is 0 Å². The number of likely N-dealkylation sites (N-methyl/N-ethyl adjacent to an activating group) is 1. The standard InChI is InChI=1S/C24H30N6OS/c1-5-28-12-14-29(15-13-28)23(31)19(4)32-24-27-26-22(20-8-10-25-11-9-20)30(24)21-7-6-17(2)18(3)16-21/h6-11,16,19H,5,12-15H2,1-4H3. The van der Waals surface area contributed by atoms with Crippen LogP contribution in [0.4, 0.5) is 0 Å². The maximum atomic E-state index is 13.1. The number of thioether (sulfide) groups is 1. The molecule has 2 aromatic heterocycles. The molecule has 0 saturated carbocycles. The van der Waals surface area contributed by atoms with Gasteiger partial charge in [0.25, 0.3) is 0 Å². The fraction of sp³-hybridized carbons (Fsp3) is 0.417. The molecule has 4 rings (SSSR count). The normalized spacial score (nSPS) is 15.7. The topological polar surface area (TPSA) is 67.2 Å². The molecule has 0 N–H and O–H groups in total. The Morgan fingerprint density at radius 3 is 2.41 bits per heavy atom. The molecule has 1 saturated heterocycles. The van der Waals surface area contributed by atoms with Crippen LogP contribution in [0.25, 0.3) is 17.1 Å². The lowest BCUT2D eigenvalue weighted by atomic mass is 10.1. The fourth-order valence-electron chi connectivity index (χ4n) is 3.88. The summed E-state index contributed by atoms with van der Waals surface area (Å²) < 4.78 is 2.05. The van der Waals surface area contributed by atoms with E-state index in [0.717, 1.165) is 49.8 Å². The molecule has 0 bridgehead atoms. The minimum absolute atomic E-state index is 0.158. The second-order valence-electron chi connectivity index (χ2n) is 8.17. The molecular formula is C24H30N6OS. The lowest BCUT2D eigenvalue weighted by Gasteiger charge is -2.35. The van der Waals surface area contributed by atoms with Crippen molar-refractivity contribution in [3.05, 3.63) is 53.9 Å². The number of pyridine rings is 1. The molecule has 0 radical (unpaired) electrons. The molecule has 7 nitrogen and oxygen atoms in total. The predicted molar refractivity (Wildman–Crippen MR) is 128 cm³/mol. The first kappa shape index (κ1) is 22.5. The van der Waals surface area contributed by atoms with Crippen LogP contribution >= 0.6 is 11.8 Å². The van der Waals surface area contributed by atoms with E-state index in [-0.39, 0.29) is 11.2 Å². The van der Waals surface area contributed by atoms with Gasteiger partial charge in [0, 0.05) is 44.1 Å². The summed E-state index contributed by atoms with van der Waals surface area (Å²) in [5, 5.41) is 9.45. The Morgan fingerprint density at radius 2 is 1.75 bits per heavy atom. The molecule has 3 heterocycles. The molecule has 1 aliphatic heterocycles. The van der Waals surface area contributed by atoms with Gasteiger partial charge in [0.05, 0.1) is 10.9 Å². The minimum atomic E-state index is -0.247. The van der Waals surface area contributed by atoms with Crippen LogP contribution in [0.1, 0.15) is 25.0 Å². The van der Waals surface area contributed by atoms with E-state index in [1.807, 2.05) is 28.5 Å². The first-order valence-corrected chi connectivity index (χ1v) is 12.0. The van der Waals surface area contributed by atoms with Gasteiger partial charge in [0.2, 0.25) is 5.91 Å². The van der Waals surface area contributed by atoms with Gasteiger partial charge in [-0.15, -0.1) is 10.2 Å². The summed E-state index contributed by atoms with van der Waals surface area (Å²) in [5.74, 6) is 0.903. The second-order valence-corrected chi connectivity index (χ2v) is 9.47. The van der Waals surface area contributed by atoms with E-state index in [2.05, 4.69) is 59.1 Å². The van der Waals surface area contributed by atoms with E-state index in [1.165, 1.54) is 22.9 Å². The maximum Gasteiger partial charge on any atom is 0.235 e. The largest absolute Gasteiger partial charge is 0.339 e. The molecule has 168 valence electrons. The highest BCUT2D eigenvalue weighted by Gasteiger charge is 2.27. The zero-order valence-electron chi connectivity index (χ0n) is 19.2. The number of carbonyl (C=O) groups is 1. The van der Waals surface area contributed by atoms with Crippen LogP contribution in [0.15, 0.2) is 47.9 Å². The fourth-order valence-corrected chi connectivity index (χ4v) is 4.83. The van der Waals surface area contributed by atoms with Gasteiger partial charge in [0.15, 0.2) is 11.0 Å². The Bertz CT molecular complexity index is 1080. The van der Waals surface area contributed by atoms with E-state index in [9.17, 15) is 4.79 Å². The number of benzene rings is 1. The first-order valence-electron chi connectivity index (χ1n) is 11.1. The van der Waals surface area contributed by atoms with E-state index in [0.29, 0.717) is 5.16 Å². The molecule has 3 aromatic rings. The van der Waals surface area contributed by atoms with Crippen molar-refractivity contribution in [1.29, 1.82) is 0 Å². The number of aromatic nitrogens is 4. The van der Waals surface area contributed by atoms with Gasteiger partial charge in [-0.3, -0.25) is 14.3 Å². The monoisotopic (exact) mass is 450 g/mol. The Hall–Kier alpha value is -2.71. The third-order valence-corrected chi connectivity index (χ3v) is 7.11. The molecule has 8 heteroatoms. The summed E-state index contributed by atoms with van der Waals surface area (Å²) in [5.41, 5.74) is 4.36. The SMILES string of the molecule is CCN1CCN(C(=O)C(C)Sc2nnc(-c3ccncc3)n2-c2ccc(C)c(C)c2)CC1. The number of nitrogens with zero attached hydrogens (tertiary/aromatic N) is 6. The van der Waals surface area contributed by atoms with Crippen LogP contribution in [-0.4, -0.2) is 73.4 Å². The summed E-state index contributed by atoms with van der Waals surface area (Å²) in [6, 6.07) is 10.2. The maximum absolute atomic E-state index is 13.1. The quantitative estimate of drug-likeness (QED) is 0.535. The van der Waals surface area contributed by atoms with Crippen LogP contribution in [0.2, 0.25) is 0 Å². The molecule has 32 heavy (non-hydrogen) atoms. The Kier molecular flexibility index (Phi) is 6.91. The van der Waals surface area contributed by atoms with Gasteiger partial charge < -0.3 is 9.80 Å². The summed E-state index contributed by atoms with van der Waals surface area (Å²) in [6.45, 7) is 12.8. The van der Waals surface area contributed by atoms with E-state index in [1.54, 1.807) is 12.4 Å². The first-order chi connectivity index (χ1) is 15.5. The number of hydrogen-bond donors (Lipinski definition) is 0. The van der Waals surface area contributed by atoms with Crippen molar-refractivity contribution in [2.45, 2.75) is 38.1 Å². The van der Waals surface area contributed by atoms with Crippen LogP contribution < -0.4 is 0 Å². The molecular weight excluding hydrogens is 420 g/mol. The number of amides is 1. The minimum Gasteiger partial charge on any atom is -0.339 e. The van der Waals surface area contributed by atoms with Crippen molar-refractivity contribution in [3.63, 3.8) is 0 Å². The lowest BCUT2D eigenvalue weighted by Crippen LogP contribution is -2.50. The second kappa shape index (κ2) is 9.83. The number of carbonyl (C=O) groups excluding carboxylic acids is 1. The highest BCUT2D eigenvalue weighted by atomic mass is 32.2. The number of piperazine rings is 1. The molecule has 1 unspecified atom stereocenters. The van der Waals surface area contributed by atoms with Gasteiger partial charge in [0.1, 0.15) is 0 Å². The zero-order valence-corrected chi connectivity index (χ0v) is 20.0. The molecule has 1 fully saturated rings. The van der Waals surface area contributed by atoms with Crippen molar-refractivity contribution >= 4 is 17.7 Å². The number of aryl methyl sites for hydroxylation is 2. The molecule has 1 amide bonds. The number of hydrogen-bond acceptors (Lipinski definition) is 6. The van der Waals surface area contributed by atoms with Gasteiger partial charge in [-0.2, -0.15) is 0 Å².